The zero-order valence-corrected chi connectivity index (χ0v) is 24.5. The van der Waals surface area contributed by atoms with Crippen LogP contribution in [0.4, 0.5) is 0 Å². The number of hydrogen-bond acceptors (Lipinski definition) is 3. The Balaban J connectivity index is 1.36. The molecule has 3 nitrogen and oxygen atoms in total. The van der Waals surface area contributed by atoms with Crippen LogP contribution in [0.3, 0.4) is 0 Å². The lowest BCUT2D eigenvalue weighted by atomic mass is 10.1. The van der Waals surface area contributed by atoms with Gasteiger partial charge in [-0.25, -0.2) is 9.97 Å². The lowest BCUT2D eigenvalue weighted by Gasteiger charge is -2.10. The SMILES string of the molecule is c1ccc(-c2cccc(-n3c4ccccc4c4c5sc6c(-c7ccccc7)nc(-c7ccccc7)nc6c5ccc43)c2)cc1. The molecule has 0 saturated heterocycles. The summed E-state index contributed by atoms with van der Waals surface area (Å²) in [5, 5.41) is 3.66. The van der Waals surface area contributed by atoms with Gasteiger partial charge in [0, 0.05) is 37.7 Å². The van der Waals surface area contributed by atoms with Gasteiger partial charge >= 0.3 is 0 Å². The summed E-state index contributed by atoms with van der Waals surface area (Å²) >= 11 is 1.80. The number of fused-ring (bicyclic) bond motifs is 7. The van der Waals surface area contributed by atoms with Crippen molar-refractivity contribution in [3.63, 3.8) is 0 Å². The Kier molecular flexibility index (Phi) is 5.68. The third-order valence-corrected chi connectivity index (χ3v) is 9.63. The minimum atomic E-state index is 0.747. The summed E-state index contributed by atoms with van der Waals surface area (Å²) in [5.41, 5.74) is 10.0. The summed E-state index contributed by atoms with van der Waals surface area (Å²) in [4.78, 5) is 10.4. The van der Waals surface area contributed by atoms with Crippen molar-refractivity contribution < 1.29 is 0 Å². The number of thiophene rings is 1. The first-order chi connectivity index (χ1) is 21.8. The van der Waals surface area contributed by atoms with Gasteiger partial charge in [-0.3, -0.25) is 0 Å². The average Bonchev–Trinajstić information content (AvgIpc) is 3.65. The molecule has 4 heteroatoms. The van der Waals surface area contributed by atoms with Gasteiger partial charge in [0.25, 0.3) is 0 Å². The van der Waals surface area contributed by atoms with Crippen LogP contribution < -0.4 is 0 Å². The number of nitrogens with zero attached hydrogens (tertiary/aromatic N) is 3. The smallest absolute Gasteiger partial charge is 0.160 e. The third-order valence-electron chi connectivity index (χ3n) is 8.41. The molecule has 9 rings (SSSR count). The maximum absolute atomic E-state index is 5.21. The summed E-state index contributed by atoms with van der Waals surface area (Å²) in [7, 11) is 0. The fraction of sp³-hybridized carbons (Fsp3) is 0. The van der Waals surface area contributed by atoms with E-state index in [4.69, 9.17) is 9.97 Å². The van der Waals surface area contributed by atoms with Crippen molar-refractivity contribution in [2.24, 2.45) is 0 Å². The molecule has 0 unspecified atom stereocenters. The van der Waals surface area contributed by atoms with Gasteiger partial charge in [-0.1, -0.05) is 121 Å². The third kappa shape index (κ3) is 3.89. The van der Waals surface area contributed by atoms with Crippen LogP contribution in [0.1, 0.15) is 0 Å². The van der Waals surface area contributed by atoms with Crippen molar-refractivity contribution in [3.05, 3.63) is 152 Å². The number of hydrogen-bond donors (Lipinski definition) is 0. The van der Waals surface area contributed by atoms with E-state index >= 15 is 0 Å². The highest BCUT2D eigenvalue weighted by Crippen LogP contribution is 2.45. The Bertz CT molecular complexity index is 2480. The highest BCUT2D eigenvalue weighted by molar-refractivity contribution is 7.27. The van der Waals surface area contributed by atoms with Crippen LogP contribution in [0, 0.1) is 0 Å². The summed E-state index contributed by atoms with van der Waals surface area (Å²) in [6, 6.07) is 53.5. The molecule has 0 fully saturated rings. The quantitative estimate of drug-likeness (QED) is 0.208. The van der Waals surface area contributed by atoms with Gasteiger partial charge in [0.15, 0.2) is 5.82 Å². The van der Waals surface area contributed by atoms with Crippen molar-refractivity contribution in [3.8, 4) is 39.5 Å². The van der Waals surface area contributed by atoms with Gasteiger partial charge < -0.3 is 4.57 Å². The van der Waals surface area contributed by atoms with Gasteiger partial charge in [0.05, 0.1) is 26.9 Å². The fourth-order valence-corrected chi connectivity index (χ4v) is 7.70. The standard InChI is InChI=1S/C40H25N3S/c1-4-13-26(14-5-1)29-19-12-20-30(25-29)43-33-22-11-10-21-31(33)35-34(43)24-23-32-37-39(44-38(32)35)36(27-15-6-2-7-16-27)41-40(42-37)28-17-8-3-9-18-28/h1-25H. The van der Waals surface area contributed by atoms with Gasteiger partial charge in [0.1, 0.15) is 0 Å². The van der Waals surface area contributed by atoms with Crippen LogP contribution in [0.15, 0.2) is 152 Å². The van der Waals surface area contributed by atoms with Gasteiger partial charge in [-0.15, -0.1) is 11.3 Å². The second-order valence-corrected chi connectivity index (χ2v) is 12.0. The average molecular weight is 580 g/mol. The molecule has 0 aliphatic rings. The number of para-hydroxylation sites is 1. The van der Waals surface area contributed by atoms with Crippen LogP contribution in [0.5, 0.6) is 0 Å². The highest BCUT2D eigenvalue weighted by atomic mass is 32.1. The van der Waals surface area contributed by atoms with E-state index < -0.39 is 0 Å². The molecule has 0 amide bonds. The first-order valence-corrected chi connectivity index (χ1v) is 15.6. The molecule has 0 N–H and O–H groups in total. The van der Waals surface area contributed by atoms with Crippen molar-refractivity contribution in [2.45, 2.75) is 0 Å². The molecule has 44 heavy (non-hydrogen) atoms. The van der Waals surface area contributed by atoms with E-state index in [1.165, 1.54) is 37.6 Å². The molecule has 0 spiro atoms. The predicted octanol–water partition coefficient (Wildman–Crippen LogP) is 10.9. The second-order valence-electron chi connectivity index (χ2n) is 11.0. The van der Waals surface area contributed by atoms with Crippen LogP contribution >= 0.6 is 11.3 Å². The molecule has 6 aromatic carbocycles. The van der Waals surface area contributed by atoms with E-state index in [0.29, 0.717) is 0 Å². The maximum Gasteiger partial charge on any atom is 0.160 e. The van der Waals surface area contributed by atoms with Crippen LogP contribution in [0.2, 0.25) is 0 Å². The molecule has 9 aromatic rings. The Morgan fingerprint density at radius 3 is 1.89 bits per heavy atom. The van der Waals surface area contributed by atoms with Gasteiger partial charge in [0.2, 0.25) is 0 Å². The Morgan fingerprint density at radius 1 is 0.455 bits per heavy atom. The summed E-state index contributed by atoms with van der Waals surface area (Å²) < 4.78 is 4.75. The molecular weight excluding hydrogens is 555 g/mol. The van der Waals surface area contributed by atoms with E-state index in [9.17, 15) is 0 Å². The molecule has 0 radical (unpaired) electrons. The molecule has 0 saturated carbocycles. The van der Waals surface area contributed by atoms with Crippen LogP contribution in [-0.2, 0) is 0 Å². The zero-order valence-electron chi connectivity index (χ0n) is 23.7. The molecule has 0 bridgehead atoms. The summed E-state index contributed by atoms with van der Waals surface area (Å²) in [6.45, 7) is 0. The summed E-state index contributed by atoms with van der Waals surface area (Å²) in [5.74, 6) is 0.747. The van der Waals surface area contributed by atoms with Crippen molar-refractivity contribution in [2.75, 3.05) is 0 Å². The molecular formula is C40H25N3S. The van der Waals surface area contributed by atoms with Crippen molar-refractivity contribution in [1.29, 1.82) is 0 Å². The monoisotopic (exact) mass is 579 g/mol. The minimum Gasteiger partial charge on any atom is -0.309 e. The van der Waals surface area contributed by atoms with Crippen LogP contribution in [-0.4, -0.2) is 14.5 Å². The first kappa shape index (κ1) is 25.0. The van der Waals surface area contributed by atoms with Gasteiger partial charge in [-0.2, -0.15) is 0 Å². The molecule has 3 aromatic heterocycles. The molecule has 0 atom stereocenters. The molecule has 0 aliphatic carbocycles. The van der Waals surface area contributed by atoms with E-state index in [0.717, 1.165) is 43.9 Å². The van der Waals surface area contributed by atoms with Crippen molar-refractivity contribution >= 4 is 53.4 Å². The number of benzene rings is 6. The normalized spacial score (nSPS) is 11.6. The minimum absolute atomic E-state index is 0.747. The van der Waals surface area contributed by atoms with E-state index in [1.54, 1.807) is 11.3 Å². The number of aromatic nitrogens is 3. The molecule has 3 heterocycles. The van der Waals surface area contributed by atoms with E-state index in [1.807, 2.05) is 18.2 Å². The van der Waals surface area contributed by atoms with E-state index in [2.05, 4.69) is 138 Å². The van der Waals surface area contributed by atoms with Gasteiger partial charge in [-0.05, 0) is 41.5 Å². The molecule has 206 valence electrons. The zero-order chi connectivity index (χ0) is 29.0. The highest BCUT2D eigenvalue weighted by Gasteiger charge is 2.21. The summed E-state index contributed by atoms with van der Waals surface area (Å²) in [6.07, 6.45) is 0. The second kappa shape index (κ2) is 10.0. The Labute approximate surface area is 258 Å². The maximum atomic E-state index is 5.21. The van der Waals surface area contributed by atoms with E-state index in [-0.39, 0.29) is 0 Å². The largest absolute Gasteiger partial charge is 0.309 e. The molecule has 0 aliphatic heterocycles. The first-order valence-electron chi connectivity index (χ1n) is 14.8. The van der Waals surface area contributed by atoms with Crippen molar-refractivity contribution in [1.82, 2.24) is 14.5 Å². The fourth-order valence-electron chi connectivity index (χ4n) is 6.39. The van der Waals surface area contributed by atoms with Crippen LogP contribution in [0.25, 0.3) is 81.6 Å². The Hall–Kier alpha value is -5.58. The Morgan fingerprint density at radius 2 is 1.11 bits per heavy atom. The lowest BCUT2D eigenvalue weighted by molar-refractivity contribution is 1.18. The topological polar surface area (TPSA) is 30.7 Å². The number of rotatable bonds is 4. The predicted molar refractivity (Wildman–Crippen MR) is 186 cm³/mol. The lowest BCUT2D eigenvalue weighted by Crippen LogP contribution is -1.94.